The van der Waals surface area contributed by atoms with E-state index in [4.69, 9.17) is 15.0 Å². The summed E-state index contributed by atoms with van der Waals surface area (Å²) in [5.74, 6) is 0. The van der Waals surface area contributed by atoms with E-state index in [9.17, 15) is 0 Å². The highest BCUT2D eigenvalue weighted by Crippen LogP contribution is 2.46. The molecule has 0 amide bonds. The molecular formula is C63H36N6S3. The van der Waals surface area contributed by atoms with Crippen molar-refractivity contribution < 1.29 is 0 Å². The van der Waals surface area contributed by atoms with Crippen molar-refractivity contribution in [2.75, 3.05) is 0 Å². The second kappa shape index (κ2) is 15.4. The van der Waals surface area contributed by atoms with Crippen molar-refractivity contribution in [2.24, 2.45) is 0 Å². The van der Waals surface area contributed by atoms with Crippen LogP contribution in [0.15, 0.2) is 218 Å². The quantitative estimate of drug-likeness (QED) is 0.167. The Morgan fingerprint density at radius 2 is 0.542 bits per heavy atom. The van der Waals surface area contributed by atoms with E-state index in [1.54, 1.807) is 34.0 Å². The minimum absolute atomic E-state index is 0.986. The van der Waals surface area contributed by atoms with Crippen LogP contribution in [0.4, 0.5) is 0 Å². The SMILES string of the molecule is c1ccc(-c2nc3ccc4c5ccccc5n(-c5cc(-n6c7ccccc7c7ccc8nc(-c9ccccc9)sc8c76)cc(-n6c7ccccc7c7ccc8nc(-c9ccccc9)sc8c76)c5)c4c3s2)cc1. The highest BCUT2D eigenvalue weighted by atomic mass is 32.1. The number of rotatable bonds is 6. The molecule has 0 unspecified atom stereocenters. The molecule has 0 aliphatic heterocycles. The first-order valence-electron chi connectivity index (χ1n) is 24.0. The summed E-state index contributed by atoms with van der Waals surface area (Å²) < 4.78 is 11.0. The molecule has 0 bridgehead atoms. The minimum atomic E-state index is 0.986. The number of para-hydroxylation sites is 3. The topological polar surface area (TPSA) is 53.5 Å². The predicted octanol–water partition coefficient (Wildman–Crippen LogP) is 17.8. The van der Waals surface area contributed by atoms with Gasteiger partial charge in [-0.3, -0.25) is 0 Å². The van der Waals surface area contributed by atoms with E-state index in [2.05, 4.69) is 232 Å². The first-order valence-corrected chi connectivity index (χ1v) is 26.5. The third-order valence-corrected chi connectivity index (χ3v) is 17.7. The summed E-state index contributed by atoms with van der Waals surface area (Å²) in [6, 6.07) is 78.9. The normalized spacial score (nSPS) is 12.2. The zero-order chi connectivity index (χ0) is 47.0. The van der Waals surface area contributed by atoms with Crippen LogP contribution in [-0.4, -0.2) is 28.7 Å². The molecule has 336 valence electrons. The van der Waals surface area contributed by atoms with Crippen LogP contribution in [0, 0.1) is 0 Å². The Hall–Kier alpha value is -8.73. The Balaban J connectivity index is 1.06. The molecule has 0 radical (unpaired) electrons. The lowest BCUT2D eigenvalue weighted by molar-refractivity contribution is 1.10. The van der Waals surface area contributed by atoms with Crippen LogP contribution in [0.25, 0.3) is 145 Å². The van der Waals surface area contributed by atoms with E-state index in [0.29, 0.717) is 0 Å². The standard InChI is InChI=1S/C63H36N6S3/c1-4-16-37(17-5-1)61-64-49-31-28-46-43-22-10-13-25-52(43)67(55(46)58(49)70-61)40-34-41(68-53-26-14-11-23-44(53)47-29-32-50-59(56(47)68)71-62(65-50)38-18-6-2-7-19-38)36-42(35-40)69-54-27-15-12-24-45(54)48-30-33-51-60(57(48)69)72-63(66-51)39-20-8-3-9-21-39/h1-36H. The summed E-state index contributed by atoms with van der Waals surface area (Å²) in [7, 11) is 0. The monoisotopic (exact) mass is 972 g/mol. The fourth-order valence-electron chi connectivity index (χ4n) is 11.2. The van der Waals surface area contributed by atoms with Crippen molar-refractivity contribution in [1.29, 1.82) is 0 Å². The third kappa shape index (κ3) is 5.84. The number of aromatic nitrogens is 6. The molecule has 0 aliphatic rings. The maximum Gasteiger partial charge on any atom is 0.124 e. The third-order valence-electron chi connectivity index (χ3n) is 14.3. The Kier molecular flexibility index (Phi) is 8.56. The summed E-state index contributed by atoms with van der Waals surface area (Å²) in [6.07, 6.45) is 0. The molecule has 6 nitrogen and oxygen atoms in total. The van der Waals surface area contributed by atoms with Crippen molar-refractivity contribution in [2.45, 2.75) is 0 Å². The van der Waals surface area contributed by atoms with Gasteiger partial charge in [0.1, 0.15) is 15.0 Å². The van der Waals surface area contributed by atoms with Gasteiger partial charge in [-0.25, -0.2) is 15.0 Å². The molecule has 6 aromatic heterocycles. The lowest BCUT2D eigenvalue weighted by Gasteiger charge is -2.17. The lowest BCUT2D eigenvalue weighted by Crippen LogP contribution is -2.03. The van der Waals surface area contributed by atoms with Crippen molar-refractivity contribution in [1.82, 2.24) is 28.7 Å². The Morgan fingerprint density at radius 1 is 0.264 bits per heavy atom. The first-order chi connectivity index (χ1) is 35.7. The van der Waals surface area contributed by atoms with E-state index in [-0.39, 0.29) is 0 Å². The van der Waals surface area contributed by atoms with Crippen LogP contribution in [0.3, 0.4) is 0 Å². The fraction of sp³-hybridized carbons (Fsp3) is 0. The zero-order valence-electron chi connectivity index (χ0n) is 38.2. The summed E-state index contributed by atoms with van der Waals surface area (Å²) >= 11 is 5.30. The number of nitrogens with zero attached hydrogens (tertiary/aromatic N) is 6. The van der Waals surface area contributed by atoms with Gasteiger partial charge < -0.3 is 13.7 Å². The van der Waals surface area contributed by atoms with E-state index < -0.39 is 0 Å². The number of benzene rings is 10. The highest BCUT2D eigenvalue weighted by molar-refractivity contribution is 7.23. The van der Waals surface area contributed by atoms with Gasteiger partial charge in [0, 0.05) is 49.0 Å². The smallest absolute Gasteiger partial charge is 0.124 e. The van der Waals surface area contributed by atoms with E-state index in [0.717, 1.165) is 113 Å². The number of thiazole rings is 3. The second-order valence-electron chi connectivity index (χ2n) is 18.4. The van der Waals surface area contributed by atoms with E-state index >= 15 is 0 Å². The summed E-state index contributed by atoms with van der Waals surface area (Å²) in [4.78, 5) is 15.9. The van der Waals surface area contributed by atoms with Crippen molar-refractivity contribution in [3.05, 3.63) is 218 Å². The summed E-state index contributed by atoms with van der Waals surface area (Å²) in [6.45, 7) is 0. The molecule has 16 aromatic rings. The van der Waals surface area contributed by atoms with Gasteiger partial charge in [0.2, 0.25) is 0 Å². The molecule has 16 rings (SSSR count). The van der Waals surface area contributed by atoms with Crippen LogP contribution in [0.2, 0.25) is 0 Å². The van der Waals surface area contributed by atoms with Gasteiger partial charge in [0.15, 0.2) is 0 Å². The summed E-state index contributed by atoms with van der Waals surface area (Å²) in [5.41, 5.74) is 16.3. The Labute approximate surface area is 423 Å². The maximum atomic E-state index is 5.28. The highest BCUT2D eigenvalue weighted by Gasteiger charge is 2.25. The van der Waals surface area contributed by atoms with Gasteiger partial charge in [-0.1, -0.05) is 146 Å². The Bertz CT molecular complexity index is 4360. The molecule has 0 saturated carbocycles. The molecule has 0 atom stereocenters. The molecule has 6 heterocycles. The molecule has 0 N–H and O–H groups in total. The molecule has 0 aliphatic carbocycles. The molecular weight excluding hydrogens is 937 g/mol. The van der Waals surface area contributed by atoms with Crippen LogP contribution in [-0.2, 0) is 0 Å². The number of hydrogen-bond acceptors (Lipinski definition) is 6. The summed E-state index contributed by atoms with van der Waals surface area (Å²) in [5, 5.41) is 10.2. The molecule has 72 heavy (non-hydrogen) atoms. The van der Waals surface area contributed by atoms with Crippen molar-refractivity contribution in [3.63, 3.8) is 0 Å². The largest absolute Gasteiger partial charge is 0.308 e. The van der Waals surface area contributed by atoms with Crippen LogP contribution in [0.1, 0.15) is 0 Å². The fourth-order valence-corrected chi connectivity index (χ4v) is 14.5. The molecule has 10 aromatic carbocycles. The van der Waals surface area contributed by atoms with E-state index in [1.807, 2.05) is 0 Å². The molecule has 0 spiro atoms. The van der Waals surface area contributed by atoms with Crippen LogP contribution >= 0.6 is 34.0 Å². The van der Waals surface area contributed by atoms with Gasteiger partial charge >= 0.3 is 0 Å². The number of fused-ring (bicyclic) bond motifs is 15. The van der Waals surface area contributed by atoms with Gasteiger partial charge in [0.25, 0.3) is 0 Å². The average Bonchev–Trinajstić information content (AvgIpc) is 4.31. The average molecular weight is 973 g/mol. The minimum Gasteiger partial charge on any atom is -0.308 e. The number of hydrogen-bond donors (Lipinski definition) is 0. The zero-order valence-corrected chi connectivity index (χ0v) is 40.6. The maximum absolute atomic E-state index is 5.28. The lowest BCUT2D eigenvalue weighted by atomic mass is 10.1. The molecule has 9 heteroatoms. The van der Waals surface area contributed by atoms with Crippen molar-refractivity contribution >= 4 is 130 Å². The van der Waals surface area contributed by atoms with Gasteiger partial charge in [-0.15, -0.1) is 34.0 Å². The van der Waals surface area contributed by atoms with Crippen molar-refractivity contribution in [3.8, 4) is 48.8 Å². The van der Waals surface area contributed by atoms with E-state index in [1.165, 1.54) is 32.3 Å². The van der Waals surface area contributed by atoms with Crippen LogP contribution < -0.4 is 0 Å². The second-order valence-corrected chi connectivity index (χ2v) is 21.3. The molecule has 0 saturated heterocycles. The predicted molar refractivity (Wildman–Crippen MR) is 305 cm³/mol. The van der Waals surface area contributed by atoms with Gasteiger partial charge in [-0.2, -0.15) is 0 Å². The molecule has 0 fully saturated rings. The first kappa shape index (κ1) is 40.0. The van der Waals surface area contributed by atoms with Gasteiger partial charge in [0.05, 0.1) is 80.8 Å². The Morgan fingerprint density at radius 3 is 0.847 bits per heavy atom. The van der Waals surface area contributed by atoms with Crippen LogP contribution in [0.5, 0.6) is 0 Å². The van der Waals surface area contributed by atoms with Gasteiger partial charge in [-0.05, 0) is 72.8 Å².